The van der Waals surface area contributed by atoms with Gasteiger partial charge in [0.05, 0.1) is 13.7 Å². The molecule has 2 aliphatic rings. The van der Waals surface area contributed by atoms with Crippen LogP contribution in [0.1, 0.15) is 36.0 Å². The van der Waals surface area contributed by atoms with E-state index in [0.717, 1.165) is 31.2 Å². The second-order valence-corrected chi connectivity index (χ2v) is 6.54. The molecule has 1 aromatic carbocycles. The summed E-state index contributed by atoms with van der Waals surface area (Å²) in [7, 11) is 3.33. The average Bonchev–Trinajstić information content (AvgIpc) is 2.82. The molecule has 23 heavy (non-hydrogen) atoms. The molecule has 3 rings (SSSR count). The number of piperidine rings is 1. The third kappa shape index (κ3) is 3.24. The summed E-state index contributed by atoms with van der Waals surface area (Å²) < 4.78 is 4.80. The summed E-state index contributed by atoms with van der Waals surface area (Å²) >= 11 is 0. The zero-order valence-corrected chi connectivity index (χ0v) is 13.8. The van der Waals surface area contributed by atoms with Crippen molar-refractivity contribution in [3.63, 3.8) is 0 Å². The van der Waals surface area contributed by atoms with Crippen LogP contribution in [0.4, 0.5) is 0 Å². The number of carbonyl (C=O) groups is 2. The maximum atomic E-state index is 12.6. The predicted molar refractivity (Wildman–Crippen MR) is 87.1 cm³/mol. The Balaban J connectivity index is 1.66. The van der Waals surface area contributed by atoms with Crippen molar-refractivity contribution < 1.29 is 14.3 Å². The summed E-state index contributed by atoms with van der Waals surface area (Å²) in [5.74, 6) is -0.0921. The lowest BCUT2D eigenvalue weighted by Crippen LogP contribution is -2.52. The summed E-state index contributed by atoms with van der Waals surface area (Å²) in [6.45, 7) is 0.370. The Morgan fingerprint density at radius 1 is 1.17 bits per heavy atom. The SMILES string of the molecule is COC(=O)CN1[C@H]2CC[C@H]1CC(N(C)C(=O)c1ccccc1)C2. The van der Waals surface area contributed by atoms with Gasteiger partial charge in [0.1, 0.15) is 0 Å². The largest absolute Gasteiger partial charge is 0.468 e. The highest BCUT2D eigenvalue weighted by atomic mass is 16.5. The average molecular weight is 316 g/mol. The molecule has 1 amide bonds. The maximum absolute atomic E-state index is 12.6. The summed E-state index contributed by atoms with van der Waals surface area (Å²) in [6, 6.07) is 10.4. The topological polar surface area (TPSA) is 49.9 Å². The number of benzene rings is 1. The summed E-state index contributed by atoms with van der Waals surface area (Å²) in [5.41, 5.74) is 0.735. The Morgan fingerprint density at radius 2 is 1.78 bits per heavy atom. The Bertz CT molecular complexity index is 561. The van der Waals surface area contributed by atoms with Crippen LogP contribution in [0.15, 0.2) is 30.3 Å². The molecule has 0 aliphatic carbocycles. The van der Waals surface area contributed by atoms with Gasteiger partial charge >= 0.3 is 5.97 Å². The Kier molecular flexibility index (Phi) is 4.66. The number of hydrogen-bond donors (Lipinski definition) is 0. The van der Waals surface area contributed by atoms with E-state index in [1.807, 2.05) is 42.3 Å². The standard InChI is InChI=1S/C18H24N2O3/c1-19(18(22)13-6-4-3-5-7-13)16-10-14-8-9-15(11-16)20(14)12-17(21)23-2/h3-7,14-16H,8-12H2,1-2H3/t14-,15-/m0/s1. The molecule has 2 atom stereocenters. The van der Waals surface area contributed by atoms with E-state index in [-0.39, 0.29) is 17.9 Å². The number of fused-ring (bicyclic) bond motifs is 2. The van der Waals surface area contributed by atoms with E-state index in [9.17, 15) is 9.59 Å². The van der Waals surface area contributed by atoms with Crippen LogP contribution in [0.2, 0.25) is 0 Å². The summed E-state index contributed by atoms with van der Waals surface area (Å²) in [4.78, 5) is 28.4. The number of rotatable bonds is 4. The predicted octanol–water partition coefficient (Wildman–Crippen LogP) is 1.93. The van der Waals surface area contributed by atoms with Crippen molar-refractivity contribution in [1.29, 1.82) is 0 Å². The normalized spacial score (nSPS) is 26.8. The van der Waals surface area contributed by atoms with Gasteiger partial charge in [-0.25, -0.2) is 0 Å². The van der Waals surface area contributed by atoms with Gasteiger partial charge in [-0.3, -0.25) is 14.5 Å². The molecule has 2 heterocycles. The van der Waals surface area contributed by atoms with Crippen molar-refractivity contribution in [3.8, 4) is 0 Å². The molecule has 5 heteroatoms. The number of nitrogens with zero attached hydrogens (tertiary/aromatic N) is 2. The minimum atomic E-state index is -0.172. The number of hydrogen-bond acceptors (Lipinski definition) is 4. The van der Waals surface area contributed by atoms with Crippen LogP contribution in [-0.2, 0) is 9.53 Å². The van der Waals surface area contributed by atoms with Crippen LogP contribution in [-0.4, -0.2) is 60.5 Å². The second kappa shape index (κ2) is 6.71. The molecule has 2 fully saturated rings. The van der Waals surface area contributed by atoms with E-state index < -0.39 is 0 Å². The highest BCUT2D eigenvalue weighted by molar-refractivity contribution is 5.94. The number of ether oxygens (including phenoxy) is 1. The lowest BCUT2D eigenvalue weighted by molar-refractivity contribution is -0.143. The van der Waals surface area contributed by atoms with Crippen molar-refractivity contribution >= 4 is 11.9 Å². The van der Waals surface area contributed by atoms with Gasteiger partial charge in [-0.15, -0.1) is 0 Å². The van der Waals surface area contributed by atoms with Gasteiger partial charge in [-0.1, -0.05) is 18.2 Å². The van der Waals surface area contributed by atoms with Crippen LogP contribution in [0.25, 0.3) is 0 Å². The fourth-order valence-electron chi connectivity index (χ4n) is 3.98. The summed E-state index contributed by atoms with van der Waals surface area (Å²) in [5, 5.41) is 0. The lowest BCUT2D eigenvalue weighted by Gasteiger charge is -2.41. The molecule has 0 saturated carbocycles. The molecule has 5 nitrogen and oxygen atoms in total. The highest BCUT2D eigenvalue weighted by Crippen LogP contribution is 2.37. The molecule has 0 radical (unpaired) electrons. The molecule has 0 spiro atoms. The molecule has 2 saturated heterocycles. The third-order valence-electron chi connectivity index (χ3n) is 5.29. The van der Waals surface area contributed by atoms with Crippen molar-refractivity contribution in [3.05, 3.63) is 35.9 Å². The van der Waals surface area contributed by atoms with E-state index in [1.165, 1.54) is 7.11 Å². The van der Waals surface area contributed by atoms with E-state index in [4.69, 9.17) is 4.74 Å². The Morgan fingerprint density at radius 3 is 2.35 bits per heavy atom. The Labute approximate surface area is 137 Å². The van der Waals surface area contributed by atoms with Crippen molar-refractivity contribution in [2.24, 2.45) is 0 Å². The zero-order chi connectivity index (χ0) is 16.4. The molecule has 0 N–H and O–H groups in total. The van der Waals surface area contributed by atoms with E-state index in [2.05, 4.69) is 4.90 Å². The number of esters is 1. The summed E-state index contributed by atoms with van der Waals surface area (Å²) in [6.07, 6.45) is 4.07. The fourth-order valence-corrected chi connectivity index (χ4v) is 3.98. The number of amides is 1. The van der Waals surface area contributed by atoms with E-state index in [1.54, 1.807) is 0 Å². The first kappa shape index (κ1) is 16.0. The minimum Gasteiger partial charge on any atom is -0.468 e. The molecular formula is C18H24N2O3. The smallest absolute Gasteiger partial charge is 0.319 e. The van der Waals surface area contributed by atoms with Crippen molar-refractivity contribution in [2.75, 3.05) is 20.7 Å². The molecule has 1 aromatic rings. The van der Waals surface area contributed by atoms with Crippen LogP contribution in [0, 0.1) is 0 Å². The molecule has 0 aromatic heterocycles. The van der Waals surface area contributed by atoms with Gasteiger partial charge < -0.3 is 9.64 Å². The van der Waals surface area contributed by atoms with Crippen molar-refractivity contribution in [2.45, 2.75) is 43.8 Å². The van der Waals surface area contributed by atoms with Gasteiger partial charge in [-0.2, -0.15) is 0 Å². The van der Waals surface area contributed by atoms with E-state index in [0.29, 0.717) is 18.6 Å². The Hall–Kier alpha value is -1.88. The third-order valence-corrected chi connectivity index (χ3v) is 5.29. The van der Waals surface area contributed by atoms with Gasteiger partial charge in [-0.05, 0) is 37.8 Å². The molecule has 124 valence electrons. The molecular weight excluding hydrogens is 292 g/mol. The highest BCUT2D eigenvalue weighted by Gasteiger charge is 2.43. The molecule has 0 unspecified atom stereocenters. The van der Waals surface area contributed by atoms with Crippen LogP contribution >= 0.6 is 0 Å². The zero-order valence-electron chi connectivity index (χ0n) is 13.8. The second-order valence-electron chi connectivity index (χ2n) is 6.54. The molecule has 2 aliphatic heterocycles. The van der Waals surface area contributed by atoms with E-state index >= 15 is 0 Å². The fraction of sp³-hybridized carbons (Fsp3) is 0.556. The first-order valence-corrected chi connectivity index (χ1v) is 8.25. The maximum Gasteiger partial charge on any atom is 0.319 e. The first-order chi connectivity index (χ1) is 11.1. The van der Waals surface area contributed by atoms with Crippen LogP contribution in [0.5, 0.6) is 0 Å². The van der Waals surface area contributed by atoms with Crippen molar-refractivity contribution in [1.82, 2.24) is 9.80 Å². The first-order valence-electron chi connectivity index (χ1n) is 8.25. The molecule has 2 bridgehead atoms. The van der Waals surface area contributed by atoms with Gasteiger partial charge in [0.15, 0.2) is 0 Å². The monoisotopic (exact) mass is 316 g/mol. The van der Waals surface area contributed by atoms with Gasteiger partial charge in [0.2, 0.25) is 0 Å². The number of methoxy groups -OCH3 is 1. The lowest BCUT2D eigenvalue weighted by atomic mass is 9.95. The van der Waals surface area contributed by atoms with Crippen LogP contribution in [0.3, 0.4) is 0 Å². The van der Waals surface area contributed by atoms with Crippen LogP contribution < -0.4 is 0 Å². The quantitative estimate of drug-likeness (QED) is 0.797. The van der Waals surface area contributed by atoms with Gasteiger partial charge in [0.25, 0.3) is 5.91 Å². The minimum absolute atomic E-state index is 0.0800. The van der Waals surface area contributed by atoms with Gasteiger partial charge in [0, 0.05) is 30.7 Å². The number of carbonyl (C=O) groups excluding carboxylic acids is 2.